The summed E-state index contributed by atoms with van der Waals surface area (Å²) in [6.45, 7) is 2.92. The van der Waals surface area contributed by atoms with Crippen LogP contribution in [0.15, 0.2) is 60.7 Å². The van der Waals surface area contributed by atoms with E-state index in [0.29, 0.717) is 31.6 Å². The molecule has 0 aromatic heterocycles. The third kappa shape index (κ3) is 3.70. The lowest BCUT2D eigenvalue weighted by molar-refractivity contribution is -0.119. The number of carbonyl (C=O) groups excluding carboxylic acids is 2. The lowest BCUT2D eigenvalue weighted by atomic mass is 9.72. The number of Topliss-reactive ketones (excluding diaryl/α,β-unsaturated/α-hetero) is 2. The number of likely N-dealkylation sites (tertiary alicyclic amines) is 1. The molecule has 2 atom stereocenters. The van der Waals surface area contributed by atoms with E-state index in [9.17, 15) is 14.7 Å². The summed E-state index contributed by atoms with van der Waals surface area (Å²) in [6, 6.07) is 18.5. The van der Waals surface area contributed by atoms with E-state index in [4.69, 9.17) is 0 Å². The molecule has 1 saturated heterocycles. The van der Waals surface area contributed by atoms with E-state index in [1.54, 1.807) is 31.2 Å². The minimum absolute atomic E-state index is 0.0895. The second-order valence-electron chi connectivity index (χ2n) is 6.77. The van der Waals surface area contributed by atoms with Crippen LogP contribution < -0.4 is 0 Å². The number of hydrogen-bond donors (Lipinski definition) is 1. The summed E-state index contributed by atoms with van der Waals surface area (Å²) in [5, 5.41) is 11.4. The van der Waals surface area contributed by atoms with Gasteiger partial charge in [-0.1, -0.05) is 60.7 Å². The summed E-state index contributed by atoms with van der Waals surface area (Å²) in [4.78, 5) is 26.6. The maximum atomic E-state index is 13.1. The molecule has 25 heavy (non-hydrogen) atoms. The number of ketones is 2. The molecule has 1 fully saturated rings. The van der Waals surface area contributed by atoms with Gasteiger partial charge >= 0.3 is 0 Å². The van der Waals surface area contributed by atoms with Gasteiger partial charge in [0.25, 0.3) is 0 Å². The average Bonchev–Trinajstić information content (AvgIpc) is 2.64. The molecular weight excluding hydrogens is 314 g/mol. The molecule has 0 saturated carbocycles. The monoisotopic (exact) mass is 337 g/mol. The SMILES string of the molecule is CC(=O)CN1CCC(O)(C(=O)c2ccccc2)C(c2ccccc2)C1. The number of aliphatic hydroxyl groups is 1. The fourth-order valence-electron chi connectivity index (χ4n) is 3.64. The molecule has 1 heterocycles. The summed E-state index contributed by atoms with van der Waals surface area (Å²) in [7, 11) is 0. The molecule has 0 bridgehead atoms. The maximum Gasteiger partial charge on any atom is 0.195 e. The van der Waals surface area contributed by atoms with Crippen molar-refractivity contribution in [1.82, 2.24) is 4.90 Å². The van der Waals surface area contributed by atoms with E-state index in [-0.39, 0.29) is 17.5 Å². The molecule has 2 aromatic carbocycles. The van der Waals surface area contributed by atoms with Crippen LogP contribution in [0.1, 0.15) is 35.2 Å². The average molecular weight is 337 g/mol. The van der Waals surface area contributed by atoms with Crippen molar-refractivity contribution in [3.63, 3.8) is 0 Å². The first kappa shape index (κ1) is 17.5. The molecular formula is C21H23NO3. The molecule has 0 radical (unpaired) electrons. The zero-order valence-electron chi connectivity index (χ0n) is 14.4. The highest BCUT2D eigenvalue weighted by Crippen LogP contribution is 2.38. The van der Waals surface area contributed by atoms with Crippen LogP contribution in [-0.4, -0.2) is 46.8 Å². The van der Waals surface area contributed by atoms with Crippen LogP contribution in [0, 0.1) is 0 Å². The van der Waals surface area contributed by atoms with Crippen LogP contribution in [-0.2, 0) is 4.79 Å². The van der Waals surface area contributed by atoms with Crippen molar-refractivity contribution in [3.05, 3.63) is 71.8 Å². The highest BCUT2D eigenvalue weighted by Gasteiger charge is 2.48. The zero-order valence-corrected chi connectivity index (χ0v) is 14.4. The first-order valence-electron chi connectivity index (χ1n) is 8.59. The first-order chi connectivity index (χ1) is 12.0. The second kappa shape index (κ2) is 7.30. The lowest BCUT2D eigenvalue weighted by Gasteiger charge is -2.43. The Balaban J connectivity index is 1.95. The molecule has 130 valence electrons. The van der Waals surface area contributed by atoms with Gasteiger partial charge in [-0.25, -0.2) is 0 Å². The molecule has 0 amide bonds. The molecule has 3 rings (SSSR count). The van der Waals surface area contributed by atoms with Gasteiger partial charge in [0.1, 0.15) is 11.4 Å². The molecule has 1 aliphatic heterocycles. The fourth-order valence-corrected chi connectivity index (χ4v) is 3.64. The van der Waals surface area contributed by atoms with E-state index in [0.717, 1.165) is 5.56 Å². The molecule has 1 aliphatic rings. The van der Waals surface area contributed by atoms with Gasteiger partial charge in [-0.15, -0.1) is 0 Å². The number of nitrogens with zero attached hydrogens (tertiary/aromatic N) is 1. The molecule has 2 aromatic rings. The van der Waals surface area contributed by atoms with Crippen LogP contribution >= 0.6 is 0 Å². The van der Waals surface area contributed by atoms with Gasteiger partial charge in [-0.05, 0) is 18.9 Å². The van der Waals surface area contributed by atoms with Crippen LogP contribution in [0.2, 0.25) is 0 Å². The Morgan fingerprint density at radius 1 is 1.08 bits per heavy atom. The Labute approximate surface area is 148 Å². The number of carbonyl (C=O) groups is 2. The maximum absolute atomic E-state index is 13.1. The molecule has 4 heteroatoms. The second-order valence-corrected chi connectivity index (χ2v) is 6.77. The summed E-state index contributed by atoms with van der Waals surface area (Å²) >= 11 is 0. The third-order valence-corrected chi connectivity index (χ3v) is 4.90. The van der Waals surface area contributed by atoms with Gasteiger partial charge in [-0.3, -0.25) is 14.5 Å². The van der Waals surface area contributed by atoms with Crippen LogP contribution in [0.3, 0.4) is 0 Å². The quantitative estimate of drug-likeness (QED) is 0.852. The van der Waals surface area contributed by atoms with E-state index in [1.807, 2.05) is 41.3 Å². The van der Waals surface area contributed by atoms with Gasteiger partial charge in [0.2, 0.25) is 0 Å². The van der Waals surface area contributed by atoms with Gasteiger partial charge in [0, 0.05) is 24.6 Å². The topological polar surface area (TPSA) is 57.6 Å². The number of benzene rings is 2. The zero-order chi connectivity index (χ0) is 17.9. The minimum atomic E-state index is -1.46. The summed E-state index contributed by atoms with van der Waals surface area (Å²) in [5.74, 6) is -0.523. The predicted molar refractivity (Wildman–Crippen MR) is 96.6 cm³/mol. The van der Waals surface area contributed by atoms with Crippen molar-refractivity contribution in [3.8, 4) is 0 Å². The van der Waals surface area contributed by atoms with Crippen molar-refractivity contribution >= 4 is 11.6 Å². The minimum Gasteiger partial charge on any atom is -0.381 e. The molecule has 0 spiro atoms. The smallest absolute Gasteiger partial charge is 0.195 e. The standard InChI is InChI=1S/C21H23NO3/c1-16(23)14-22-13-12-21(25,20(24)18-10-6-3-7-11-18)19(15-22)17-8-4-2-5-9-17/h2-11,19,25H,12-15H2,1H3. The summed E-state index contributed by atoms with van der Waals surface area (Å²) < 4.78 is 0. The van der Waals surface area contributed by atoms with Crippen molar-refractivity contribution in [1.29, 1.82) is 0 Å². The van der Waals surface area contributed by atoms with Crippen LogP contribution in [0.5, 0.6) is 0 Å². The number of hydrogen-bond acceptors (Lipinski definition) is 4. The Bertz CT molecular complexity index is 744. The Morgan fingerprint density at radius 2 is 1.68 bits per heavy atom. The van der Waals surface area contributed by atoms with E-state index in [2.05, 4.69) is 0 Å². The lowest BCUT2D eigenvalue weighted by Crippen LogP contribution is -2.55. The van der Waals surface area contributed by atoms with Gasteiger partial charge in [-0.2, -0.15) is 0 Å². The molecule has 1 N–H and O–H groups in total. The van der Waals surface area contributed by atoms with Gasteiger partial charge in [0.05, 0.1) is 6.54 Å². The van der Waals surface area contributed by atoms with Gasteiger partial charge < -0.3 is 5.11 Å². The van der Waals surface area contributed by atoms with E-state index < -0.39 is 5.60 Å². The highest BCUT2D eigenvalue weighted by atomic mass is 16.3. The fraction of sp³-hybridized carbons (Fsp3) is 0.333. The Morgan fingerprint density at radius 3 is 2.28 bits per heavy atom. The predicted octanol–water partition coefficient (Wildman–Crippen LogP) is 2.68. The molecule has 2 unspecified atom stereocenters. The normalized spacial score (nSPS) is 24.0. The Kier molecular flexibility index (Phi) is 5.11. The molecule has 4 nitrogen and oxygen atoms in total. The van der Waals surface area contributed by atoms with Crippen molar-refractivity contribution < 1.29 is 14.7 Å². The Hall–Kier alpha value is -2.30. The first-order valence-corrected chi connectivity index (χ1v) is 8.59. The number of rotatable bonds is 5. The molecule has 0 aliphatic carbocycles. The highest BCUT2D eigenvalue weighted by molar-refractivity contribution is 6.03. The number of piperidine rings is 1. The summed E-state index contributed by atoms with van der Waals surface area (Å²) in [5.41, 5.74) is -0.0239. The third-order valence-electron chi connectivity index (χ3n) is 4.90. The van der Waals surface area contributed by atoms with Crippen LogP contribution in [0.25, 0.3) is 0 Å². The van der Waals surface area contributed by atoms with Crippen molar-refractivity contribution in [2.24, 2.45) is 0 Å². The van der Waals surface area contributed by atoms with Crippen molar-refractivity contribution in [2.45, 2.75) is 24.9 Å². The van der Waals surface area contributed by atoms with E-state index >= 15 is 0 Å². The van der Waals surface area contributed by atoms with E-state index in [1.165, 1.54) is 0 Å². The van der Waals surface area contributed by atoms with Crippen molar-refractivity contribution in [2.75, 3.05) is 19.6 Å². The van der Waals surface area contributed by atoms with Gasteiger partial charge in [0.15, 0.2) is 5.78 Å². The largest absolute Gasteiger partial charge is 0.381 e. The summed E-state index contributed by atoms with van der Waals surface area (Å²) in [6.07, 6.45) is 0.313. The van der Waals surface area contributed by atoms with Crippen LogP contribution in [0.4, 0.5) is 0 Å².